The quantitative estimate of drug-likeness (QED) is 0.793. The Bertz CT molecular complexity index is 470. The zero-order chi connectivity index (χ0) is 11.7. The third-order valence-corrected chi connectivity index (χ3v) is 6.09. The van der Waals surface area contributed by atoms with Gasteiger partial charge in [-0.05, 0) is 74.5 Å². The molecule has 1 nitrogen and oxygen atoms in total. The van der Waals surface area contributed by atoms with Gasteiger partial charge in [0, 0.05) is 4.88 Å². The number of thiophene rings is 2. The molecule has 0 spiro atoms. The molecule has 0 amide bonds. The Labute approximate surface area is 120 Å². The highest BCUT2D eigenvalue weighted by molar-refractivity contribution is 9.11. The molecule has 86 valence electrons. The molecule has 0 saturated heterocycles. The summed E-state index contributed by atoms with van der Waals surface area (Å²) in [6, 6.07) is 4.70. The topological polar surface area (TPSA) is 12.0 Å². The Morgan fingerprint density at radius 1 is 1.31 bits per heavy atom. The van der Waals surface area contributed by atoms with Crippen molar-refractivity contribution in [2.75, 3.05) is 7.05 Å². The van der Waals surface area contributed by atoms with Gasteiger partial charge in [0.15, 0.2) is 0 Å². The van der Waals surface area contributed by atoms with Gasteiger partial charge in [0.2, 0.25) is 0 Å². The maximum atomic E-state index is 3.58. The standard InChI is InChI=1S/C11H11Br2NS2/c1-6-3-8(16-11(6)13)10(14-2)7-4-9(12)15-5-7/h3-5,10,14H,1-2H3. The second-order valence-electron chi connectivity index (χ2n) is 3.51. The molecular weight excluding hydrogens is 370 g/mol. The lowest BCUT2D eigenvalue weighted by molar-refractivity contribution is 0.706. The summed E-state index contributed by atoms with van der Waals surface area (Å²) in [7, 11) is 2.00. The molecular formula is C11H11Br2NS2. The summed E-state index contributed by atoms with van der Waals surface area (Å²) in [5.41, 5.74) is 2.61. The SMILES string of the molecule is CNC(c1csc(Br)c1)c1cc(C)c(Br)s1. The van der Waals surface area contributed by atoms with Gasteiger partial charge < -0.3 is 5.32 Å². The van der Waals surface area contributed by atoms with Crippen molar-refractivity contribution in [3.63, 3.8) is 0 Å². The van der Waals surface area contributed by atoms with Gasteiger partial charge in [-0.1, -0.05) is 0 Å². The molecule has 1 atom stereocenters. The third kappa shape index (κ3) is 2.59. The fourth-order valence-corrected chi connectivity index (χ4v) is 4.48. The van der Waals surface area contributed by atoms with E-state index in [1.54, 1.807) is 22.7 Å². The summed E-state index contributed by atoms with van der Waals surface area (Å²) in [5.74, 6) is 0. The van der Waals surface area contributed by atoms with Crippen LogP contribution in [-0.2, 0) is 0 Å². The molecule has 0 saturated carbocycles. The fourth-order valence-electron chi connectivity index (χ4n) is 1.57. The summed E-state index contributed by atoms with van der Waals surface area (Å²) in [5, 5.41) is 5.55. The number of hydrogen-bond acceptors (Lipinski definition) is 3. The van der Waals surface area contributed by atoms with Crippen molar-refractivity contribution in [1.82, 2.24) is 5.32 Å². The van der Waals surface area contributed by atoms with E-state index in [4.69, 9.17) is 0 Å². The van der Waals surface area contributed by atoms with Crippen LogP contribution in [0.4, 0.5) is 0 Å². The number of nitrogens with one attached hydrogen (secondary N) is 1. The average Bonchev–Trinajstić information content (AvgIpc) is 2.77. The van der Waals surface area contributed by atoms with E-state index in [1.165, 1.54) is 23.6 Å². The molecule has 0 radical (unpaired) electrons. The highest BCUT2D eigenvalue weighted by Gasteiger charge is 2.16. The minimum atomic E-state index is 0.289. The maximum Gasteiger partial charge on any atom is 0.0731 e. The molecule has 0 fully saturated rings. The lowest BCUT2D eigenvalue weighted by atomic mass is 10.1. The van der Waals surface area contributed by atoms with E-state index in [0.717, 1.165) is 0 Å². The molecule has 2 rings (SSSR count). The molecule has 0 bridgehead atoms. The smallest absolute Gasteiger partial charge is 0.0731 e. The summed E-state index contributed by atoms with van der Waals surface area (Å²) in [6.45, 7) is 2.13. The van der Waals surface area contributed by atoms with Gasteiger partial charge in [0.05, 0.1) is 13.6 Å². The van der Waals surface area contributed by atoms with Crippen LogP contribution >= 0.6 is 54.5 Å². The summed E-state index contributed by atoms with van der Waals surface area (Å²) in [6.07, 6.45) is 0. The van der Waals surface area contributed by atoms with Gasteiger partial charge in [0.25, 0.3) is 0 Å². The lowest BCUT2D eigenvalue weighted by Gasteiger charge is -2.12. The average molecular weight is 381 g/mol. The van der Waals surface area contributed by atoms with Crippen LogP contribution in [0.1, 0.15) is 22.0 Å². The van der Waals surface area contributed by atoms with Crippen LogP contribution in [0.25, 0.3) is 0 Å². The second kappa shape index (κ2) is 5.31. The van der Waals surface area contributed by atoms with E-state index in [1.807, 2.05) is 7.05 Å². The molecule has 0 aliphatic rings. The fraction of sp³-hybridized carbons (Fsp3) is 0.273. The highest BCUT2D eigenvalue weighted by Crippen LogP contribution is 2.36. The van der Waals surface area contributed by atoms with Crippen molar-refractivity contribution in [2.24, 2.45) is 0 Å². The highest BCUT2D eigenvalue weighted by atomic mass is 79.9. The van der Waals surface area contributed by atoms with E-state index in [0.29, 0.717) is 0 Å². The number of rotatable bonds is 3. The van der Waals surface area contributed by atoms with Crippen LogP contribution in [0.15, 0.2) is 25.1 Å². The first-order valence-electron chi connectivity index (χ1n) is 4.79. The van der Waals surface area contributed by atoms with E-state index in [9.17, 15) is 0 Å². The van der Waals surface area contributed by atoms with Crippen LogP contribution < -0.4 is 5.32 Å². The van der Waals surface area contributed by atoms with E-state index >= 15 is 0 Å². The molecule has 1 N–H and O–H groups in total. The molecule has 0 aromatic carbocycles. The largest absolute Gasteiger partial charge is 0.309 e. The van der Waals surface area contributed by atoms with Gasteiger partial charge in [-0.3, -0.25) is 0 Å². The van der Waals surface area contributed by atoms with Crippen molar-refractivity contribution in [3.05, 3.63) is 41.1 Å². The third-order valence-electron chi connectivity index (χ3n) is 2.37. The van der Waals surface area contributed by atoms with Crippen molar-refractivity contribution < 1.29 is 0 Å². The molecule has 0 aliphatic carbocycles. The van der Waals surface area contributed by atoms with Crippen LogP contribution in [0, 0.1) is 6.92 Å². The van der Waals surface area contributed by atoms with Crippen LogP contribution in [0.3, 0.4) is 0 Å². The predicted octanol–water partition coefficient (Wildman–Crippen LogP) is 4.95. The van der Waals surface area contributed by atoms with Crippen LogP contribution in [0.5, 0.6) is 0 Å². The van der Waals surface area contributed by atoms with E-state index in [2.05, 4.69) is 61.6 Å². The first-order valence-corrected chi connectivity index (χ1v) is 8.07. The Balaban J connectivity index is 2.36. The van der Waals surface area contributed by atoms with E-state index < -0.39 is 0 Å². The zero-order valence-electron chi connectivity index (χ0n) is 8.88. The minimum absolute atomic E-state index is 0.289. The summed E-state index contributed by atoms with van der Waals surface area (Å²) in [4.78, 5) is 1.34. The molecule has 2 aromatic rings. The molecule has 5 heteroatoms. The van der Waals surface area contributed by atoms with Gasteiger partial charge >= 0.3 is 0 Å². The Kier molecular flexibility index (Phi) is 4.24. The monoisotopic (exact) mass is 379 g/mol. The number of hydrogen-bond donors (Lipinski definition) is 1. The maximum absolute atomic E-state index is 3.58. The first-order chi connectivity index (χ1) is 7.61. The van der Waals surface area contributed by atoms with Gasteiger partial charge in [0.1, 0.15) is 0 Å². The Hall–Kier alpha value is 0.320. The predicted molar refractivity (Wildman–Crippen MR) is 79.7 cm³/mol. The first kappa shape index (κ1) is 12.8. The van der Waals surface area contributed by atoms with Crippen LogP contribution in [-0.4, -0.2) is 7.05 Å². The molecule has 2 aromatic heterocycles. The van der Waals surface area contributed by atoms with Gasteiger partial charge in [-0.2, -0.15) is 0 Å². The number of aryl methyl sites for hydroxylation is 1. The van der Waals surface area contributed by atoms with E-state index in [-0.39, 0.29) is 6.04 Å². The van der Waals surface area contributed by atoms with Crippen molar-refractivity contribution in [3.8, 4) is 0 Å². The van der Waals surface area contributed by atoms with Crippen molar-refractivity contribution >= 4 is 54.5 Å². The zero-order valence-corrected chi connectivity index (χ0v) is 13.7. The van der Waals surface area contributed by atoms with Gasteiger partial charge in [-0.15, -0.1) is 22.7 Å². The Morgan fingerprint density at radius 3 is 2.50 bits per heavy atom. The minimum Gasteiger partial charge on any atom is -0.309 e. The number of halogens is 2. The molecule has 1 unspecified atom stereocenters. The molecule has 2 heterocycles. The van der Waals surface area contributed by atoms with Crippen molar-refractivity contribution in [1.29, 1.82) is 0 Å². The summed E-state index contributed by atoms with van der Waals surface area (Å²) < 4.78 is 2.40. The van der Waals surface area contributed by atoms with Crippen LogP contribution in [0.2, 0.25) is 0 Å². The molecule has 16 heavy (non-hydrogen) atoms. The lowest BCUT2D eigenvalue weighted by Crippen LogP contribution is -2.15. The Morgan fingerprint density at radius 2 is 2.06 bits per heavy atom. The summed E-state index contributed by atoms with van der Waals surface area (Å²) >= 11 is 10.6. The van der Waals surface area contributed by atoms with Crippen molar-refractivity contribution in [2.45, 2.75) is 13.0 Å². The molecule has 0 aliphatic heterocycles. The normalized spacial score (nSPS) is 13.0. The second-order valence-corrected chi connectivity index (χ2v) is 8.20. The van der Waals surface area contributed by atoms with Gasteiger partial charge in [-0.25, -0.2) is 0 Å².